The largest absolute Gasteiger partial charge is 0.368 e. The second-order valence-electron chi connectivity index (χ2n) is 7.87. The Bertz CT molecular complexity index is 546. The fraction of sp³-hybridized carbons (Fsp3) is 0.875. The van der Waals surface area contributed by atoms with Crippen molar-refractivity contribution in [2.24, 2.45) is 5.73 Å². The Morgan fingerprint density at radius 1 is 0.848 bits per heavy atom. The van der Waals surface area contributed by atoms with Gasteiger partial charge in [-0.3, -0.25) is 19.5 Å². The van der Waals surface area contributed by atoms with E-state index in [-0.39, 0.29) is 24.5 Å². The van der Waals surface area contributed by atoms with Gasteiger partial charge < -0.3 is 5.73 Å². The molecule has 0 saturated heterocycles. The van der Waals surface area contributed by atoms with E-state index in [0.717, 1.165) is 13.1 Å². The number of halogens is 2. The molecular formula is C24H50F2N6O. The van der Waals surface area contributed by atoms with Crippen LogP contribution in [0.15, 0.2) is 0 Å². The fourth-order valence-electron chi connectivity index (χ4n) is 2.88. The summed E-state index contributed by atoms with van der Waals surface area (Å²) in [5.41, 5.74) is 5.17. The fourth-order valence-corrected chi connectivity index (χ4v) is 2.88. The molecule has 196 valence electrons. The molecule has 0 spiro atoms. The average Bonchev–Trinajstić information content (AvgIpc) is 2.75. The van der Waals surface area contributed by atoms with Crippen LogP contribution in [0.5, 0.6) is 0 Å². The Morgan fingerprint density at radius 2 is 1.21 bits per heavy atom. The van der Waals surface area contributed by atoms with Gasteiger partial charge in [-0.1, -0.05) is 27.7 Å². The maximum atomic E-state index is 11.6. The van der Waals surface area contributed by atoms with Gasteiger partial charge in [0.05, 0.1) is 36.8 Å². The number of rotatable bonds is 10. The minimum atomic E-state index is -2.36. The van der Waals surface area contributed by atoms with Crippen LogP contribution in [0.3, 0.4) is 0 Å². The first kappa shape index (κ1) is 38.5. The third kappa shape index (κ3) is 20.5. The first-order valence-electron chi connectivity index (χ1n) is 11.8. The highest BCUT2D eigenvalue weighted by Gasteiger charge is 2.19. The van der Waals surface area contributed by atoms with Gasteiger partial charge in [0.25, 0.3) is 6.43 Å². The second-order valence-corrected chi connectivity index (χ2v) is 7.87. The molecule has 0 aliphatic heterocycles. The zero-order valence-electron chi connectivity index (χ0n) is 23.1. The van der Waals surface area contributed by atoms with E-state index in [2.05, 4.69) is 50.5 Å². The van der Waals surface area contributed by atoms with Crippen molar-refractivity contribution in [2.75, 3.05) is 26.7 Å². The number of nitrogens with two attached hydrogens (primary N) is 1. The summed E-state index contributed by atoms with van der Waals surface area (Å²) in [5, 5.41) is 16.9. The van der Waals surface area contributed by atoms with Crippen LogP contribution in [0.25, 0.3) is 0 Å². The smallest absolute Gasteiger partial charge is 0.251 e. The number of carbonyl (C=O) groups excluding carboxylic acids is 1. The van der Waals surface area contributed by atoms with E-state index in [4.69, 9.17) is 16.3 Å². The molecule has 0 aliphatic rings. The predicted molar refractivity (Wildman–Crippen MR) is 134 cm³/mol. The van der Waals surface area contributed by atoms with Crippen molar-refractivity contribution in [1.82, 2.24) is 14.7 Å². The number of alkyl halides is 2. The number of primary amides is 1. The number of carbonyl (C=O) groups is 1. The average molecular weight is 477 g/mol. The van der Waals surface area contributed by atoms with E-state index in [9.17, 15) is 13.6 Å². The topological polar surface area (TPSA) is 100 Å². The van der Waals surface area contributed by atoms with Crippen molar-refractivity contribution >= 4 is 5.91 Å². The van der Waals surface area contributed by atoms with Gasteiger partial charge in [0.1, 0.15) is 0 Å². The van der Waals surface area contributed by atoms with Crippen molar-refractivity contribution in [3.8, 4) is 12.1 Å². The van der Waals surface area contributed by atoms with E-state index < -0.39 is 12.5 Å². The van der Waals surface area contributed by atoms with Gasteiger partial charge in [-0.05, 0) is 68.6 Å². The third-order valence-corrected chi connectivity index (χ3v) is 4.92. The van der Waals surface area contributed by atoms with Gasteiger partial charge >= 0.3 is 0 Å². The molecule has 1 amide bonds. The summed E-state index contributed by atoms with van der Waals surface area (Å²) in [6, 6.07) is 4.39. The van der Waals surface area contributed by atoms with Crippen LogP contribution >= 0.6 is 0 Å². The zero-order chi connectivity index (χ0) is 27.3. The lowest BCUT2D eigenvalue weighted by Gasteiger charge is -2.29. The lowest BCUT2D eigenvalue weighted by molar-refractivity contribution is -0.123. The highest BCUT2D eigenvalue weighted by Crippen LogP contribution is 2.04. The maximum Gasteiger partial charge on any atom is 0.251 e. The number of hydrogen-bond acceptors (Lipinski definition) is 6. The summed E-state index contributed by atoms with van der Waals surface area (Å²) in [5.74, 6) is -0.249. The second kappa shape index (κ2) is 23.4. The van der Waals surface area contributed by atoms with Crippen molar-refractivity contribution in [1.29, 1.82) is 10.5 Å². The Morgan fingerprint density at radius 3 is 1.36 bits per heavy atom. The molecule has 9 heteroatoms. The van der Waals surface area contributed by atoms with Gasteiger partial charge in [-0.15, -0.1) is 0 Å². The van der Waals surface area contributed by atoms with Gasteiger partial charge in [0, 0.05) is 12.1 Å². The van der Waals surface area contributed by atoms with E-state index in [1.54, 1.807) is 6.92 Å². The van der Waals surface area contributed by atoms with Crippen molar-refractivity contribution < 1.29 is 13.6 Å². The molecular weight excluding hydrogens is 426 g/mol. The summed E-state index contributed by atoms with van der Waals surface area (Å²) in [6.07, 6.45) is -2.36. The number of nitrogens with zero attached hydrogens (tertiary/aromatic N) is 5. The molecule has 0 aromatic heterocycles. The first-order chi connectivity index (χ1) is 15.2. The first-order valence-corrected chi connectivity index (χ1v) is 11.8. The van der Waals surface area contributed by atoms with Crippen molar-refractivity contribution in [3.63, 3.8) is 0 Å². The van der Waals surface area contributed by atoms with Gasteiger partial charge in [-0.25, -0.2) is 8.78 Å². The predicted octanol–water partition coefficient (Wildman–Crippen LogP) is 4.34. The SMILES string of the molecule is CC.CC(C#N)N(C)CC(F)F.CCN(C(C)C)C(C)C#N.CCN(C(C)C)C(C)C(N)=O. The molecule has 0 fully saturated rings. The van der Waals surface area contributed by atoms with Crippen molar-refractivity contribution in [3.05, 3.63) is 0 Å². The van der Waals surface area contributed by atoms with E-state index in [1.807, 2.05) is 40.7 Å². The lowest BCUT2D eigenvalue weighted by Crippen LogP contribution is -2.46. The van der Waals surface area contributed by atoms with E-state index >= 15 is 0 Å². The van der Waals surface area contributed by atoms with E-state index in [1.165, 1.54) is 11.9 Å². The molecule has 7 nitrogen and oxygen atoms in total. The summed E-state index contributed by atoms with van der Waals surface area (Å²) in [4.78, 5) is 16.3. The molecule has 2 N–H and O–H groups in total. The van der Waals surface area contributed by atoms with Crippen LogP contribution in [0, 0.1) is 22.7 Å². The zero-order valence-corrected chi connectivity index (χ0v) is 23.1. The number of amides is 1. The third-order valence-electron chi connectivity index (χ3n) is 4.92. The quantitative estimate of drug-likeness (QED) is 0.503. The van der Waals surface area contributed by atoms with Crippen molar-refractivity contribution in [2.45, 2.75) is 113 Å². The summed E-state index contributed by atoms with van der Waals surface area (Å²) in [7, 11) is 1.50. The molecule has 0 saturated carbocycles. The molecule has 0 aliphatic carbocycles. The molecule has 3 atom stereocenters. The number of likely N-dealkylation sites (N-methyl/N-ethyl adjacent to an activating group) is 1. The number of nitriles is 2. The minimum Gasteiger partial charge on any atom is -0.368 e. The Kier molecular flexibility index (Phi) is 27.2. The van der Waals surface area contributed by atoms with Crippen LogP contribution in [0.4, 0.5) is 8.78 Å². The highest BCUT2D eigenvalue weighted by molar-refractivity contribution is 5.79. The highest BCUT2D eigenvalue weighted by atomic mass is 19.3. The van der Waals surface area contributed by atoms with Gasteiger partial charge in [0.2, 0.25) is 5.91 Å². The molecule has 33 heavy (non-hydrogen) atoms. The Hall–Kier alpha value is -1.81. The van der Waals surface area contributed by atoms with Crippen LogP contribution in [0.2, 0.25) is 0 Å². The molecule has 0 heterocycles. The van der Waals surface area contributed by atoms with Crippen LogP contribution in [-0.2, 0) is 4.79 Å². The maximum absolute atomic E-state index is 11.6. The molecule has 0 bridgehead atoms. The molecule has 0 aromatic carbocycles. The van der Waals surface area contributed by atoms with Crippen LogP contribution in [0.1, 0.15) is 76.2 Å². The van der Waals surface area contributed by atoms with Crippen LogP contribution < -0.4 is 5.73 Å². The molecule has 0 rings (SSSR count). The van der Waals surface area contributed by atoms with Gasteiger partial charge in [0.15, 0.2) is 0 Å². The normalized spacial score (nSPS) is 13.2. The minimum absolute atomic E-state index is 0.0463. The molecule has 0 radical (unpaired) electrons. The summed E-state index contributed by atoms with van der Waals surface area (Å²) >= 11 is 0. The van der Waals surface area contributed by atoms with Crippen LogP contribution in [-0.4, -0.2) is 83.9 Å². The Balaban J connectivity index is -0.000000184. The molecule has 3 unspecified atom stereocenters. The monoisotopic (exact) mass is 476 g/mol. The summed E-state index contributed by atoms with van der Waals surface area (Å²) < 4.78 is 23.3. The molecule has 0 aromatic rings. The number of hydrogen-bond donors (Lipinski definition) is 1. The lowest BCUT2D eigenvalue weighted by atomic mass is 10.2. The van der Waals surface area contributed by atoms with Gasteiger partial charge in [-0.2, -0.15) is 10.5 Å². The van der Waals surface area contributed by atoms with E-state index in [0.29, 0.717) is 12.1 Å². The standard InChI is InChI=1S/C8H18N2O.C8H16N2.C6H10F2N2.C2H6/c1-5-10(6(2)3)7(4)8(9)11;1-5-10(7(2)3)8(4)6-9;1-5(3-9)10(2)4-6(7)8;1-2/h6-7H,5H2,1-4H3,(H2,9,11);7-8H,5H2,1-4H3;5-6H,4H2,1-2H3;1-2H3. The Labute approximate surface area is 202 Å². The summed E-state index contributed by atoms with van der Waals surface area (Å²) in [6.45, 7) is 23.3.